The SMILES string of the molecule is CCNC(=NCCNC(=O)C(C)C)NC1CCN(c2ccccc2)CC1. The number of aliphatic imine (C=N–C) groups is 1. The average Bonchev–Trinajstić information content (AvgIpc) is 2.66. The molecule has 6 heteroatoms. The fraction of sp³-hybridized carbons (Fsp3) is 0.600. The normalized spacial score (nSPS) is 15.8. The molecule has 0 atom stereocenters. The topological polar surface area (TPSA) is 68.8 Å². The van der Waals surface area contributed by atoms with Crippen LogP contribution in [0.4, 0.5) is 5.69 Å². The summed E-state index contributed by atoms with van der Waals surface area (Å²) >= 11 is 0. The minimum atomic E-state index is 0.0140. The molecule has 1 aliphatic rings. The summed E-state index contributed by atoms with van der Waals surface area (Å²) in [6, 6.07) is 11.0. The van der Waals surface area contributed by atoms with E-state index in [0.717, 1.165) is 38.4 Å². The number of carbonyl (C=O) groups is 1. The second kappa shape index (κ2) is 10.7. The molecule has 0 spiro atoms. The summed E-state index contributed by atoms with van der Waals surface area (Å²) < 4.78 is 0. The number of rotatable bonds is 7. The van der Waals surface area contributed by atoms with Crippen molar-refractivity contribution in [3.8, 4) is 0 Å². The highest BCUT2D eigenvalue weighted by Crippen LogP contribution is 2.19. The maximum absolute atomic E-state index is 11.6. The van der Waals surface area contributed by atoms with Crippen molar-refractivity contribution in [1.82, 2.24) is 16.0 Å². The fourth-order valence-electron chi connectivity index (χ4n) is 2.99. The Hall–Kier alpha value is -2.24. The molecule has 2 rings (SSSR count). The van der Waals surface area contributed by atoms with Gasteiger partial charge in [0.25, 0.3) is 0 Å². The van der Waals surface area contributed by atoms with E-state index in [1.54, 1.807) is 0 Å². The zero-order valence-corrected chi connectivity index (χ0v) is 16.3. The standard InChI is InChI=1S/C20H33N5O/c1-4-21-20(23-13-12-22-19(26)16(2)3)24-17-10-14-25(15-11-17)18-8-6-5-7-9-18/h5-9,16-17H,4,10-15H2,1-3H3,(H,22,26)(H2,21,23,24). The van der Waals surface area contributed by atoms with E-state index in [4.69, 9.17) is 0 Å². The van der Waals surface area contributed by atoms with Crippen LogP contribution in [-0.4, -0.2) is 50.6 Å². The molecule has 1 aliphatic heterocycles. The summed E-state index contributed by atoms with van der Waals surface area (Å²) in [6.45, 7) is 9.93. The number of anilines is 1. The van der Waals surface area contributed by atoms with E-state index in [1.807, 2.05) is 13.8 Å². The van der Waals surface area contributed by atoms with Crippen molar-refractivity contribution in [2.75, 3.05) is 37.6 Å². The Morgan fingerprint density at radius 2 is 1.88 bits per heavy atom. The summed E-state index contributed by atoms with van der Waals surface area (Å²) in [7, 11) is 0. The van der Waals surface area contributed by atoms with Gasteiger partial charge < -0.3 is 20.9 Å². The van der Waals surface area contributed by atoms with E-state index in [1.165, 1.54) is 5.69 Å². The van der Waals surface area contributed by atoms with Gasteiger partial charge in [0.1, 0.15) is 0 Å². The monoisotopic (exact) mass is 359 g/mol. The number of guanidine groups is 1. The molecule has 1 aromatic rings. The van der Waals surface area contributed by atoms with Gasteiger partial charge in [-0.15, -0.1) is 0 Å². The Morgan fingerprint density at radius 3 is 2.50 bits per heavy atom. The van der Waals surface area contributed by atoms with Gasteiger partial charge in [-0.1, -0.05) is 32.0 Å². The second-order valence-electron chi connectivity index (χ2n) is 6.95. The number of carbonyl (C=O) groups excluding carboxylic acids is 1. The van der Waals surface area contributed by atoms with Gasteiger partial charge in [0, 0.05) is 43.8 Å². The Bertz CT molecular complexity index is 565. The smallest absolute Gasteiger partial charge is 0.222 e. The number of para-hydroxylation sites is 1. The van der Waals surface area contributed by atoms with Crippen LogP contribution >= 0.6 is 0 Å². The Labute approximate surface area is 157 Å². The number of nitrogens with one attached hydrogen (secondary N) is 3. The lowest BCUT2D eigenvalue weighted by Crippen LogP contribution is -2.49. The van der Waals surface area contributed by atoms with E-state index in [9.17, 15) is 4.79 Å². The van der Waals surface area contributed by atoms with Crippen LogP contribution in [0.2, 0.25) is 0 Å². The molecule has 1 heterocycles. The van der Waals surface area contributed by atoms with Gasteiger partial charge in [0.05, 0.1) is 6.54 Å². The molecule has 6 nitrogen and oxygen atoms in total. The first-order valence-corrected chi connectivity index (χ1v) is 9.72. The maximum Gasteiger partial charge on any atom is 0.222 e. The summed E-state index contributed by atoms with van der Waals surface area (Å²) in [4.78, 5) is 18.6. The first-order valence-electron chi connectivity index (χ1n) is 9.72. The molecule has 144 valence electrons. The van der Waals surface area contributed by atoms with Crippen LogP contribution in [0.5, 0.6) is 0 Å². The molecule has 0 aliphatic carbocycles. The van der Waals surface area contributed by atoms with Crippen molar-refractivity contribution in [2.24, 2.45) is 10.9 Å². The molecule has 1 aromatic carbocycles. The minimum absolute atomic E-state index is 0.0140. The quantitative estimate of drug-likeness (QED) is 0.396. The molecule has 0 unspecified atom stereocenters. The zero-order valence-electron chi connectivity index (χ0n) is 16.3. The van der Waals surface area contributed by atoms with Crippen LogP contribution in [0, 0.1) is 5.92 Å². The van der Waals surface area contributed by atoms with Crippen molar-refractivity contribution in [2.45, 2.75) is 39.7 Å². The Morgan fingerprint density at radius 1 is 1.19 bits per heavy atom. The van der Waals surface area contributed by atoms with Gasteiger partial charge in [-0.3, -0.25) is 9.79 Å². The Kier molecular flexibility index (Phi) is 8.25. The molecule has 3 N–H and O–H groups in total. The third-order valence-corrected chi connectivity index (χ3v) is 4.51. The van der Waals surface area contributed by atoms with Crippen molar-refractivity contribution in [3.05, 3.63) is 30.3 Å². The summed E-state index contributed by atoms with van der Waals surface area (Å²) in [5.41, 5.74) is 1.30. The van der Waals surface area contributed by atoms with Crippen LogP contribution in [0.15, 0.2) is 35.3 Å². The molecular formula is C20H33N5O. The predicted octanol–water partition coefficient (Wildman–Crippen LogP) is 1.98. The lowest BCUT2D eigenvalue weighted by Gasteiger charge is -2.34. The van der Waals surface area contributed by atoms with E-state index in [0.29, 0.717) is 19.1 Å². The van der Waals surface area contributed by atoms with Crippen molar-refractivity contribution in [1.29, 1.82) is 0 Å². The van der Waals surface area contributed by atoms with Crippen LogP contribution < -0.4 is 20.9 Å². The van der Waals surface area contributed by atoms with E-state index < -0.39 is 0 Å². The van der Waals surface area contributed by atoms with Crippen LogP contribution in [-0.2, 0) is 4.79 Å². The van der Waals surface area contributed by atoms with Gasteiger partial charge in [0.15, 0.2) is 5.96 Å². The van der Waals surface area contributed by atoms with Crippen LogP contribution in [0.1, 0.15) is 33.6 Å². The van der Waals surface area contributed by atoms with Gasteiger partial charge in [0.2, 0.25) is 5.91 Å². The number of hydrogen-bond donors (Lipinski definition) is 3. The first kappa shape index (κ1) is 20.1. The maximum atomic E-state index is 11.6. The van der Waals surface area contributed by atoms with E-state index in [2.05, 4.69) is 63.1 Å². The highest BCUT2D eigenvalue weighted by Gasteiger charge is 2.20. The molecule has 1 saturated heterocycles. The van der Waals surface area contributed by atoms with Crippen LogP contribution in [0.25, 0.3) is 0 Å². The van der Waals surface area contributed by atoms with E-state index >= 15 is 0 Å². The van der Waals surface area contributed by atoms with Crippen molar-refractivity contribution >= 4 is 17.6 Å². The van der Waals surface area contributed by atoms with Gasteiger partial charge >= 0.3 is 0 Å². The molecule has 26 heavy (non-hydrogen) atoms. The molecule has 1 fully saturated rings. The number of hydrogen-bond acceptors (Lipinski definition) is 3. The highest BCUT2D eigenvalue weighted by molar-refractivity contribution is 5.80. The second-order valence-corrected chi connectivity index (χ2v) is 6.95. The summed E-state index contributed by atoms with van der Waals surface area (Å²) in [5.74, 6) is 0.927. The van der Waals surface area contributed by atoms with Crippen LogP contribution in [0.3, 0.4) is 0 Å². The minimum Gasteiger partial charge on any atom is -0.371 e. The third-order valence-electron chi connectivity index (χ3n) is 4.51. The van der Waals surface area contributed by atoms with Gasteiger partial charge in [-0.05, 0) is 31.9 Å². The van der Waals surface area contributed by atoms with E-state index in [-0.39, 0.29) is 11.8 Å². The van der Waals surface area contributed by atoms with Crippen molar-refractivity contribution in [3.63, 3.8) is 0 Å². The first-order chi connectivity index (χ1) is 12.6. The van der Waals surface area contributed by atoms with Gasteiger partial charge in [-0.2, -0.15) is 0 Å². The fourth-order valence-corrected chi connectivity index (χ4v) is 2.99. The number of nitrogens with zero attached hydrogens (tertiary/aromatic N) is 2. The molecule has 0 aromatic heterocycles. The molecule has 0 radical (unpaired) electrons. The van der Waals surface area contributed by atoms with Gasteiger partial charge in [-0.25, -0.2) is 0 Å². The zero-order chi connectivity index (χ0) is 18.8. The third kappa shape index (κ3) is 6.58. The lowest BCUT2D eigenvalue weighted by molar-refractivity contribution is -0.123. The predicted molar refractivity (Wildman–Crippen MR) is 109 cm³/mol. The largest absolute Gasteiger partial charge is 0.371 e. The summed E-state index contributed by atoms with van der Waals surface area (Å²) in [6.07, 6.45) is 2.17. The number of benzene rings is 1. The molecular weight excluding hydrogens is 326 g/mol. The lowest BCUT2D eigenvalue weighted by atomic mass is 10.0. The summed E-state index contributed by atoms with van der Waals surface area (Å²) in [5, 5.41) is 9.73. The number of piperidine rings is 1. The van der Waals surface area contributed by atoms with Crippen molar-refractivity contribution < 1.29 is 4.79 Å². The Balaban J connectivity index is 1.77. The highest BCUT2D eigenvalue weighted by atomic mass is 16.1. The molecule has 0 saturated carbocycles. The molecule has 1 amide bonds. The number of amides is 1. The average molecular weight is 360 g/mol. The molecule has 0 bridgehead atoms.